The minimum absolute atomic E-state index is 0.336. The molecule has 0 aliphatic rings. The van der Waals surface area contributed by atoms with Crippen LogP contribution in [0.1, 0.15) is 32.3 Å². The Morgan fingerprint density at radius 1 is 1.35 bits per heavy atom. The van der Waals surface area contributed by atoms with E-state index in [1.165, 1.54) is 6.07 Å². The predicted molar refractivity (Wildman–Crippen MR) is 76.4 cm³/mol. The molecule has 0 radical (unpaired) electrons. The quantitative estimate of drug-likeness (QED) is 0.853. The lowest BCUT2D eigenvalue weighted by atomic mass is 10.1. The maximum absolute atomic E-state index is 13.8. The number of aromatic nitrogens is 4. The number of nitrogen functional groups attached to an aromatic ring is 1. The average Bonchev–Trinajstić information content (AvgIpc) is 2.83. The molecule has 0 unspecified atom stereocenters. The van der Waals surface area contributed by atoms with E-state index in [1.807, 2.05) is 0 Å². The number of nitrogens with zero attached hydrogens (tertiary/aromatic N) is 4. The van der Waals surface area contributed by atoms with E-state index in [4.69, 9.17) is 5.73 Å². The Hall–Kier alpha value is -1.98. The molecule has 2 aromatic rings. The third-order valence-electron chi connectivity index (χ3n) is 3.33. The summed E-state index contributed by atoms with van der Waals surface area (Å²) in [7, 11) is 0. The molecule has 1 heterocycles. The number of tetrazole rings is 1. The lowest BCUT2D eigenvalue weighted by Gasteiger charge is -2.08. The number of nitrogens with two attached hydrogens (primary N) is 1. The van der Waals surface area contributed by atoms with Crippen molar-refractivity contribution in [3.8, 4) is 11.4 Å². The van der Waals surface area contributed by atoms with E-state index >= 15 is 0 Å². The number of hydrogen-bond donors (Lipinski definition) is 1. The lowest BCUT2D eigenvalue weighted by Crippen LogP contribution is -2.05. The molecule has 0 aliphatic carbocycles. The van der Waals surface area contributed by atoms with Gasteiger partial charge in [0.05, 0.1) is 0 Å². The summed E-state index contributed by atoms with van der Waals surface area (Å²) in [5.41, 5.74) is 7.28. The topological polar surface area (TPSA) is 69.6 Å². The molecule has 0 atom stereocenters. The zero-order chi connectivity index (χ0) is 14.7. The van der Waals surface area contributed by atoms with Gasteiger partial charge in [0.1, 0.15) is 5.82 Å². The average molecular weight is 277 g/mol. The zero-order valence-electron chi connectivity index (χ0n) is 12.1. The van der Waals surface area contributed by atoms with Gasteiger partial charge in [-0.2, -0.15) is 0 Å². The highest BCUT2D eigenvalue weighted by molar-refractivity contribution is 5.63. The number of benzene rings is 1. The maximum atomic E-state index is 13.8. The first-order valence-corrected chi connectivity index (χ1v) is 6.81. The van der Waals surface area contributed by atoms with Gasteiger partial charge in [0.15, 0.2) is 5.82 Å². The van der Waals surface area contributed by atoms with Gasteiger partial charge in [-0.15, -0.1) is 5.10 Å². The van der Waals surface area contributed by atoms with Crippen LogP contribution >= 0.6 is 0 Å². The zero-order valence-corrected chi connectivity index (χ0v) is 12.1. The van der Waals surface area contributed by atoms with Gasteiger partial charge in [-0.1, -0.05) is 13.8 Å². The SMILES string of the molecule is Cc1c(N)cc(-c2nnnn2CCCC(C)C)cc1F. The van der Waals surface area contributed by atoms with E-state index in [-0.39, 0.29) is 5.82 Å². The van der Waals surface area contributed by atoms with Gasteiger partial charge in [-0.05, 0) is 48.2 Å². The second-order valence-corrected chi connectivity index (χ2v) is 5.43. The summed E-state index contributed by atoms with van der Waals surface area (Å²) in [6.45, 7) is 6.73. The summed E-state index contributed by atoms with van der Waals surface area (Å²) in [6.07, 6.45) is 2.09. The molecule has 0 bridgehead atoms. The van der Waals surface area contributed by atoms with E-state index < -0.39 is 0 Å². The Bertz CT molecular complexity index is 568. The van der Waals surface area contributed by atoms with E-state index in [0.29, 0.717) is 28.6 Å². The number of aryl methyl sites for hydroxylation is 1. The van der Waals surface area contributed by atoms with Crippen molar-refractivity contribution in [1.29, 1.82) is 0 Å². The highest BCUT2D eigenvalue weighted by Crippen LogP contribution is 2.24. The molecule has 1 aromatic heterocycles. The monoisotopic (exact) mass is 277 g/mol. The fraction of sp³-hybridized carbons (Fsp3) is 0.500. The number of halogens is 1. The normalized spacial score (nSPS) is 11.2. The standard InChI is InChI=1S/C14H20FN5/c1-9(2)5-4-6-20-14(17-18-19-20)11-7-12(15)10(3)13(16)8-11/h7-9H,4-6,16H2,1-3H3. The predicted octanol–water partition coefficient (Wildman–Crippen LogP) is 2.81. The van der Waals surface area contributed by atoms with Crippen LogP contribution in [-0.2, 0) is 6.54 Å². The van der Waals surface area contributed by atoms with Crippen LogP contribution in [0.3, 0.4) is 0 Å². The molecule has 0 saturated carbocycles. The van der Waals surface area contributed by atoms with Crippen LogP contribution in [0, 0.1) is 18.7 Å². The lowest BCUT2D eigenvalue weighted by molar-refractivity contribution is 0.485. The van der Waals surface area contributed by atoms with Crippen LogP contribution < -0.4 is 5.73 Å². The smallest absolute Gasteiger partial charge is 0.182 e. The van der Waals surface area contributed by atoms with Crippen LogP contribution in [0.5, 0.6) is 0 Å². The fourth-order valence-corrected chi connectivity index (χ4v) is 2.04. The molecule has 2 N–H and O–H groups in total. The van der Waals surface area contributed by atoms with Gasteiger partial charge in [-0.25, -0.2) is 9.07 Å². The Kier molecular flexibility index (Phi) is 4.32. The van der Waals surface area contributed by atoms with E-state index in [9.17, 15) is 4.39 Å². The molecule has 0 amide bonds. The van der Waals surface area contributed by atoms with Gasteiger partial charge in [0.25, 0.3) is 0 Å². The van der Waals surface area contributed by atoms with Gasteiger partial charge in [0, 0.05) is 23.4 Å². The summed E-state index contributed by atoms with van der Waals surface area (Å²) in [5.74, 6) is 0.860. The second-order valence-electron chi connectivity index (χ2n) is 5.43. The molecule has 0 saturated heterocycles. The van der Waals surface area contributed by atoms with Crippen molar-refractivity contribution in [2.24, 2.45) is 5.92 Å². The molecule has 0 fully saturated rings. The highest BCUT2D eigenvalue weighted by Gasteiger charge is 2.12. The number of hydrogen-bond acceptors (Lipinski definition) is 4. The maximum Gasteiger partial charge on any atom is 0.182 e. The van der Waals surface area contributed by atoms with Crippen molar-refractivity contribution in [1.82, 2.24) is 20.2 Å². The minimum atomic E-state index is -0.336. The summed E-state index contributed by atoms with van der Waals surface area (Å²) in [6, 6.07) is 3.14. The molecule has 108 valence electrons. The number of rotatable bonds is 5. The first-order chi connectivity index (χ1) is 9.49. The molecular formula is C14H20FN5. The number of anilines is 1. The summed E-state index contributed by atoms with van der Waals surface area (Å²) in [4.78, 5) is 0. The fourth-order valence-electron chi connectivity index (χ4n) is 2.04. The van der Waals surface area contributed by atoms with Crippen LogP contribution in [-0.4, -0.2) is 20.2 Å². The summed E-state index contributed by atoms with van der Waals surface area (Å²) >= 11 is 0. The van der Waals surface area contributed by atoms with Crippen LogP contribution in [0.2, 0.25) is 0 Å². The molecule has 6 heteroatoms. The Labute approximate surface area is 118 Å². The van der Waals surface area contributed by atoms with Crippen molar-refractivity contribution in [3.63, 3.8) is 0 Å². The molecule has 0 aliphatic heterocycles. The molecule has 5 nitrogen and oxygen atoms in total. The van der Waals surface area contributed by atoms with Crippen molar-refractivity contribution in [2.45, 2.75) is 40.2 Å². The van der Waals surface area contributed by atoms with E-state index in [1.54, 1.807) is 17.7 Å². The summed E-state index contributed by atoms with van der Waals surface area (Å²) < 4.78 is 15.5. The highest BCUT2D eigenvalue weighted by atomic mass is 19.1. The van der Waals surface area contributed by atoms with Gasteiger partial charge >= 0.3 is 0 Å². The van der Waals surface area contributed by atoms with Crippen LogP contribution in [0.15, 0.2) is 12.1 Å². The van der Waals surface area contributed by atoms with Crippen molar-refractivity contribution in [3.05, 3.63) is 23.5 Å². The van der Waals surface area contributed by atoms with E-state index in [0.717, 1.165) is 19.4 Å². The van der Waals surface area contributed by atoms with Crippen molar-refractivity contribution >= 4 is 5.69 Å². The van der Waals surface area contributed by atoms with Crippen molar-refractivity contribution in [2.75, 3.05) is 5.73 Å². The van der Waals surface area contributed by atoms with Gasteiger partial charge in [0.2, 0.25) is 0 Å². The third kappa shape index (κ3) is 3.12. The molecule has 1 aromatic carbocycles. The first kappa shape index (κ1) is 14.4. The van der Waals surface area contributed by atoms with Crippen molar-refractivity contribution < 1.29 is 4.39 Å². The van der Waals surface area contributed by atoms with Crippen LogP contribution in [0.25, 0.3) is 11.4 Å². The van der Waals surface area contributed by atoms with Gasteiger partial charge < -0.3 is 5.73 Å². The minimum Gasteiger partial charge on any atom is -0.398 e. The summed E-state index contributed by atoms with van der Waals surface area (Å²) in [5, 5.41) is 11.6. The molecule has 20 heavy (non-hydrogen) atoms. The van der Waals surface area contributed by atoms with Gasteiger partial charge in [-0.3, -0.25) is 0 Å². The van der Waals surface area contributed by atoms with Crippen LogP contribution in [0.4, 0.5) is 10.1 Å². The third-order valence-corrected chi connectivity index (χ3v) is 3.33. The second kappa shape index (κ2) is 5.98. The Morgan fingerprint density at radius 3 is 2.75 bits per heavy atom. The Morgan fingerprint density at radius 2 is 2.10 bits per heavy atom. The molecule has 2 rings (SSSR count). The largest absolute Gasteiger partial charge is 0.398 e. The first-order valence-electron chi connectivity index (χ1n) is 6.81. The molecule has 0 spiro atoms. The molecular weight excluding hydrogens is 257 g/mol. The van der Waals surface area contributed by atoms with E-state index in [2.05, 4.69) is 29.4 Å². The Balaban J connectivity index is 2.23.